The Bertz CT molecular complexity index is 1370. The molecule has 0 atom stereocenters. The second-order valence-corrected chi connectivity index (χ2v) is 10.2. The van der Waals surface area contributed by atoms with Crippen LogP contribution in [-0.4, -0.2) is 56.2 Å². The van der Waals surface area contributed by atoms with Gasteiger partial charge in [0, 0.05) is 18.3 Å². The third-order valence-electron chi connectivity index (χ3n) is 7.48. The summed E-state index contributed by atoms with van der Waals surface area (Å²) in [5, 5.41) is 31.5. The van der Waals surface area contributed by atoms with Crippen molar-refractivity contribution in [3.05, 3.63) is 59.7 Å². The summed E-state index contributed by atoms with van der Waals surface area (Å²) in [5.41, 5.74) is 4.28. The van der Waals surface area contributed by atoms with E-state index in [1.807, 2.05) is 0 Å². The summed E-state index contributed by atoms with van der Waals surface area (Å²) in [6.07, 6.45) is 2.00. The minimum absolute atomic E-state index is 0.00250. The van der Waals surface area contributed by atoms with E-state index in [4.69, 9.17) is 15.9 Å². The van der Waals surface area contributed by atoms with Gasteiger partial charge in [0.2, 0.25) is 23.6 Å². The monoisotopic (exact) mass is 537 g/mol. The van der Waals surface area contributed by atoms with Crippen LogP contribution in [0.3, 0.4) is 0 Å². The maximum Gasteiger partial charge on any atom is 0.339 e. The van der Waals surface area contributed by atoms with Crippen molar-refractivity contribution < 1.29 is 44.1 Å². The number of Topliss-reactive ketones (excluding diaryl/α,β-unsaturated/α-hetero) is 1. The lowest BCUT2D eigenvalue weighted by molar-refractivity contribution is -0.158. The summed E-state index contributed by atoms with van der Waals surface area (Å²) in [6.45, 7) is 0. The van der Waals surface area contributed by atoms with Gasteiger partial charge in [-0.25, -0.2) is 4.79 Å². The van der Waals surface area contributed by atoms with Crippen LogP contribution in [0.15, 0.2) is 48.5 Å². The van der Waals surface area contributed by atoms with Crippen molar-refractivity contribution in [3.8, 4) is 11.5 Å². The molecule has 4 saturated heterocycles. The molecule has 4 aliphatic heterocycles. The molecule has 6 aliphatic rings. The highest BCUT2D eigenvalue weighted by Gasteiger charge is 2.58. The molecule has 7 N–H and O–H groups in total. The van der Waals surface area contributed by atoms with E-state index in [0.29, 0.717) is 25.7 Å². The van der Waals surface area contributed by atoms with Gasteiger partial charge in [0.05, 0.1) is 16.5 Å². The predicted molar refractivity (Wildman–Crippen MR) is 133 cm³/mol. The molecule has 2 aliphatic carbocycles. The Morgan fingerprint density at radius 1 is 0.769 bits per heavy atom. The fourth-order valence-corrected chi connectivity index (χ4v) is 5.12. The van der Waals surface area contributed by atoms with Crippen LogP contribution in [0.25, 0.3) is 0 Å². The van der Waals surface area contributed by atoms with Crippen LogP contribution in [0.2, 0.25) is 0 Å². The van der Waals surface area contributed by atoms with E-state index in [1.54, 1.807) is 24.3 Å². The third-order valence-corrected chi connectivity index (χ3v) is 7.48. The highest BCUT2D eigenvalue weighted by Crippen LogP contribution is 2.52. The number of rotatable bonds is 4. The second kappa shape index (κ2) is 10.3. The third kappa shape index (κ3) is 5.36. The molecular formula is C27H27N3O9. The Morgan fingerprint density at radius 3 is 1.64 bits per heavy atom. The molecule has 2 aromatic carbocycles. The zero-order valence-corrected chi connectivity index (χ0v) is 20.7. The second-order valence-electron chi connectivity index (χ2n) is 10.2. The number of hydrogen-bond acceptors (Lipinski definition) is 9. The summed E-state index contributed by atoms with van der Waals surface area (Å²) in [5.74, 6) is -2.85. The van der Waals surface area contributed by atoms with Crippen molar-refractivity contribution in [2.75, 3.05) is 0 Å². The number of nitrogens with one attached hydrogen (secondary N) is 2. The number of piperidine rings is 4. The van der Waals surface area contributed by atoms with E-state index in [9.17, 15) is 33.9 Å². The maximum atomic E-state index is 12.2. The van der Waals surface area contributed by atoms with E-state index in [2.05, 4.69) is 10.6 Å². The van der Waals surface area contributed by atoms with Gasteiger partial charge in [0.15, 0.2) is 5.78 Å². The number of para-hydroxylation sites is 2. The minimum atomic E-state index is -1.11. The molecular weight excluding hydrogens is 510 g/mol. The van der Waals surface area contributed by atoms with Crippen LogP contribution in [0.1, 0.15) is 52.8 Å². The first-order chi connectivity index (χ1) is 18.3. The number of carboxylic acid groups (broad SMARTS) is 1. The van der Waals surface area contributed by atoms with E-state index in [1.165, 1.54) is 24.3 Å². The number of nitrogens with two attached hydrogens (primary N) is 1. The van der Waals surface area contributed by atoms with Gasteiger partial charge in [-0.15, -0.1) is 0 Å². The molecule has 0 unspecified atom stereocenters. The molecule has 39 heavy (non-hydrogen) atoms. The lowest BCUT2D eigenvalue weighted by atomic mass is 9.56. The number of imide groups is 2. The lowest BCUT2D eigenvalue weighted by Gasteiger charge is -2.49. The van der Waals surface area contributed by atoms with Gasteiger partial charge < -0.3 is 21.1 Å². The molecule has 8 rings (SSSR count). The molecule has 12 nitrogen and oxygen atoms in total. The summed E-state index contributed by atoms with van der Waals surface area (Å²) in [7, 11) is 0. The first-order valence-electron chi connectivity index (χ1n) is 12.2. The fourth-order valence-electron chi connectivity index (χ4n) is 5.12. The summed E-state index contributed by atoms with van der Waals surface area (Å²) in [6, 6.07) is 12.1. The maximum absolute atomic E-state index is 12.2. The number of hydrogen-bond donors (Lipinski definition) is 6. The Kier molecular flexibility index (Phi) is 7.25. The van der Waals surface area contributed by atoms with Gasteiger partial charge in [-0.3, -0.25) is 34.6 Å². The number of carboxylic acids is 1. The molecule has 0 radical (unpaired) electrons. The number of phenolic OH excluding ortho intramolecular Hbond substituents is 1. The van der Waals surface area contributed by atoms with Crippen LogP contribution < -0.4 is 16.4 Å². The van der Waals surface area contributed by atoms with Crippen LogP contribution >= 0.6 is 0 Å². The number of benzene rings is 2. The van der Waals surface area contributed by atoms with E-state index < -0.39 is 16.9 Å². The van der Waals surface area contributed by atoms with Crippen molar-refractivity contribution in [1.29, 1.82) is 0 Å². The van der Waals surface area contributed by atoms with Crippen molar-refractivity contribution in [3.63, 3.8) is 0 Å². The number of fused-ring (bicyclic) bond motifs is 4. The summed E-state index contributed by atoms with van der Waals surface area (Å²) in [4.78, 5) is 67.3. The van der Waals surface area contributed by atoms with Crippen molar-refractivity contribution >= 4 is 35.4 Å². The lowest BCUT2D eigenvalue weighted by Crippen LogP contribution is -2.70. The molecule has 2 saturated carbocycles. The largest absolute Gasteiger partial charge is 0.507 e. The Balaban J connectivity index is 0.000000149. The minimum Gasteiger partial charge on any atom is -0.507 e. The Morgan fingerprint density at radius 2 is 1.23 bits per heavy atom. The van der Waals surface area contributed by atoms with E-state index in [0.717, 1.165) is 0 Å². The standard InChI is InChI=1S/C14H13NO4.C7H6O3.C6H8N2O2/c16-10-4-2-1-3-9(10)11(17)7-14-5-8(6-14)12(18)15-13(14)19;8-6-4-2-1-3-5(6)7(9)10;7-6-1-3(2-6)4(9)8-5(6)10/h1-4,8,16H,5-7H2,(H,15,18,19);1-4,8H,(H,9,10);3H,1-2,7H2,(H,8,9,10). The molecule has 2 aromatic rings. The number of aromatic carboxylic acids is 1. The van der Waals surface area contributed by atoms with Crippen molar-refractivity contribution in [2.24, 2.45) is 23.0 Å². The number of phenols is 2. The number of aromatic hydroxyl groups is 2. The van der Waals surface area contributed by atoms with Gasteiger partial charge in [-0.1, -0.05) is 24.3 Å². The molecule has 0 aromatic heterocycles. The first kappa shape index (κ1) is 27.5. The van der Waals surface area contributed by atoms with Crippen molar-refractivity contribution in [2.45, 2.75) is 37.6 Å². The fraction of sp³-hybridized carbons (Fsp3) is 0.333. The smallest absolute Gasteiger partial charge is 0.339 e. The van der Waals surface area contributed by atoms with Crippen molar-refractivity contribution in [1.82, 2.24) is 10.6 Å². The molecule has 4 heterocycles. The van der Waals surface area contributed by atoms with Gasteiger partial charge in [0.1, 0.15) is 17.1 Å². The van der Waals surface area contributed by atoms with Crippen LogP contribution in [0, 0.1) is 17.3 Å². The first-order valence-corrected chi connectivity index (χ1v) is 12.2. The molecule has 6 fully saturated rings. The Hall–Kier alpha value is -4.58. The number of ketones is 1. The SMILES string of the molecule is NC12CC(C1)C(=O)NC2=O.O=C(CC12CC(C1)C(=O)NC2=O)c1ccccc1O.O=C(O)c1ccccc1O. The van der Waals surface area contributed by atoms with Gasteiger partial charge in [0.25, 0.3) is 0 Å². The molecule has 4 amide bonds. The van der Waals surface area contributed by atoms with Crippen LogP contribution in [-0.2, 0) is 19.2 Å². The molecule has 0 spiro atoms. The number of carbonyl (C=O) groups excluding carboxylic acids is 5. The van der Waals surface area contributed by atoms with Gasteiger partial charge in [-0.2, -0.15) is 0 Å². The quantitative estimate of drug-likeness (QED) is 0.239. The van der Waals surface area contributed by atoms with Gasteiger partial charge in [-0.05, 0) is 49.9 Å². The zero-order chi connectivity index (χ0) is 28.5. The highest BCUT2D eigenvalue weighted by atomic mass is 16.4. The topological polar surface area (TPSA) is 213 Å². The Labute approximate surface area is 222 Å². The van der Waals surface area contributed by atoms with E-state index in [-0.39, 0.29) is 70.3 Å². The van der Waals surface area contributed by atoms with Crippen LogP contribution in [0.4, 0.5) is 0 Å². The molecule has 204 valence electrons. The number of amides is 4. The van der Waals surface area contributed by atoms with Crippen LogP contribution in [0.5, 0.6) is 11.5 Å². The normalized spacial score (nSPS) is 27.6. The summed E-state index contributed by atoms with van der Waals surface area (Å²) >= 11 is 0. The van der Waals surface area contributed by atoms with E-state index >= 15 is 0 Å². The predicted octanol–water partition coefficient (Wildman–Crippen LogP) is 0.859. The zero-order valence-electron chi connectivity index (χ0n) is 20.7. The number of carbonyl (C=O) groups is 6. The summed E-state index contributed by atoms with van der Waals surface area (Å²) < 4.78 is 0. The average molecular weight is 538 g/mol. The molecule has 12 heteroatoms. The highest BCUT2D eigenvalue weighted by molar-refractivity contribution is 6.09. The molecule has 4 bridgehead atoms. The van der Waals surface area contributed by atoms with Gasteiger partial charge >= 0.3 is 5.97 Å². The average Bonchev–Trinajstić information content (AvgIpc) is 2.83.